The Balaban J connectivity index is 2.25. The third-order valence-corrected chi connectivity index (χ3v) is 2.61. The fourth-order valence-corrected chi connectivity index (χ4v) is 1.74. The van der Waals surface area contributed by atoms with Gasteiger partial charge in [0.2, 0.25) is 0 Å². The number of benzene rings is 2. The molecule has 0 spiro atoms. The lowest BCUT2D eigenvalue weighted by Crippen LogP contribution is -2.00. The third kappa shape index (κ3) is 2.86. The van der Waals surface area contributed by atoms with Crippen LogP contribution < -0.4 is 4.74 Å². The number of rotatable bonds is 4. The second-order valence-electron chi connectivity index (χ2n) is 3.90. The van der Waals surface area contributed by atoms with Crippen molar-refractivity contribution in [3.05, 3.63) is 54.1 Å². The van der Waals surface area contributed by atoms with Crippen LogP contribution in [-0.2, 0) is 4.74 Å². The number of aryl methyl sites for hydroxylation is 1. The van der Waals surface area contributed by atoms with Crippen molar-refractivity contribution in [1.82, 2.24) is 0 Å². The van der Waals surface area contributed by atoms with E-state index in [9.17, 15) is 0 Å². The van der Waals surface area contributed by atoms with E-state index in [2.05, 4.69) is 24.3 Å². The number of ether oxygens (including phenoxy) is 2. The van der Waals surface area contributed by atoms with Crippen LogP contribution in [0, 0.1) is 6.92 Å². The van der Waals surface area contributed by atoms with Gasteiger partial charge >= 0.3 is 0 Å². The van der Waals surface area contributed by atoms with Gasteiger partial charge in [-0.3, -0.25) is 0 Å². The van der Waals surface area contributed by atoms with E-state index in [1.165, 1.54) is 11.1 Å². The van der Waals surface area contributed by atoms with E-state index < -0.39 is 0 Å². The zero-order valence-corrected chi connectivity index (χ0v) is 10.1. The Labute approximate surface area is 102 Å². The minimum atomic E-state index is 0.283. The van der Waals surface area contributed by atoms with Crippen LogP contribution in [0.2, 0.25) is 0 Å². The number of methoxy groups -OCH3 is 1. The molecule has 0 fully saturated rings. The summed E-state index contributed by atoms with van der Waals surface area (Å²) in [6.45, 7) is 2.32. The Hall–Kier alpha value is -1.80. The first-order chi connectivity index (χ1) is 8.31. The molecule has 2 heteroatoms. The topological polar surface area (TPSA) is 18.5 Å². The number of hydrogen-bond donors (Lipinski definition) is 0. The minimum absolute atomic E-state index is 0.283. The van der Waals surface area contributed by atoms with Gasteiger partial charge in [-0.25, -0.2) is 0 Å². The van der Waals surface area contributed by atoms with E-state index in [-0.39, 0.29) is 6.79 Å². The van der Waals surface area contributed by atoms with Gasteiger partial charge in [-0.1, -0.05) is 36.4 Å². The highest BCUT2D eigenvalue weighted by Gasteiger charge is 2.02. The Morgan fingerprint density at radius 2 is 1.71 bits per heavy atom. The molecule has 0 unspecified atom stereocenters. The molecule has 2 aromatic rings. The Morgan fingerprint density at radius 3 is 2.35 bits per heavy atom. The first-order valence-corrected chi connectivity index (χ1v) is 5.59. The molecule has 88 valence electrons. The lowest BCUT2D eigenvalue weighted by Gasteiger charge is -2.09. The van der Waals surface area contributed by atoms with E-state index in [0.29, 0.717) is 0 Å². The Bertz CT molecular complexity index is 478. The summed E-state index contributed by atoms with van der Waals surface area (Å²) in [4.78, 5) is 0. The van der Waals surface area contributed by atoms with Crippen molar-refractivity contribution in [2.24, 2.45) is 0 Å². The second-order valence-corrected chi connectivity index (χ2v) is 3.90. The second kappa shape index (κ2) is 5.51. The van der Waals surface area contributed by atoms with Crippen molar-refractivity contribution in [2.75, 3.05) is 13.9 Å². The standard InChI is InChI=1S/C15H16O2/c1-12-10-14(13-6-4-3-5-7-13)8-9-15(12)17-11-16-2/h3-10H,11H2,1-2H3. The summed E-state index contributed by atoms with van der Waals surface area (Å²) in [6, 6.07) is 16.5. The molecule has 0 radical (unpaired) electrons. The molecule has 2 nitrogen and oxygen atoms in total. The number of hydrogen-bond acceptors (Lipinski definition) is 2. The van der Waals surface area contributed by atoms with Crippen molar-refractivity contribution >= 4 is 0 Å². The van der Waals surface area contributed by atoms with Gasteiger partial charge in [0.1, 0.15) is 5.75 Å². The Morgan fingerprint density at radius 1 is 0.941 bits per heavy atom. The molecule has 0 amide bonds. The van der Waals surface area contributed by atoms with Gasteiger partial charge in [-0.15, -0.1) is 0 Å². The SMILES string of the molecule is COCOc1ccc(-c2ccccc2)cc1C. The van der Waals surface area contributed by atoms with Gasteiger partial charge in [-0.05, 0) is 35.7 Å². The van der Waals surface area contributed by atoms with Crippen molar-refractivity contribution in [1.29, 1.82) is 0 Å². The zero-order valence-electron chi connectivity index (χ0n) is 10.1. The smallest absolute Gasteiger partial charge is 0.188 e. The largest absolute Gasteiger partial charge is 0.467 e. The van der Waals surface area contributed by atoms with Gasteiger partial charge in [0, 0.05) is 7.11 Å². The molecule has 0 heterocycles. The van der Waals surface area contributed by atoms with Crippen molar-refractivity contribution in [2.45, 2.75) is 6.92 Å². The molecular formula is C15H16O2. The first kappa shape index (κ1) is 11.7. The summed E-state index contributed by atoms with van der Waals surface area (Å²) in [6.07, 6.45) is 0. The average Bonchev–Trinajstić information content (AvgIpc) is 2.38. The van der Waals surface area contributed by atoms with Crippen LogP contribution in [0.5, 0.6) is 5.75 Å². The summed E-state index contributed by atoms with van der Waals surface area (Å²) in [7, 11) is 1.62. The quantitative estimate of drug-likeness (QED) is 0.744. The fraction of sp³-hybridized carbons (Fsp3) is 0.200. The predicted molar refractivity (Wildman–Crippen MR) is 69.1 cm³/mol. The normalized spacial score (nSPS) is 10.2. The summed E-state index contributed by atoms with van der Waals surface area (Å²) < 4.78 is 10.3. The molecule has 17 heavy (non-hydrogen) atoms. The van der Waals surface area contributed by atoms with Crippen molar-refractivity contribution in [3.8, 4) is 16.9 Å². The van der Waals surface area contributed by atoms with Crippen LogP contribution in [0.4, 0.5) is 0 Å². The maximum Gasteiger partial charge on any atom is 0.188 e. The van der Waals surface area contributed by atoms with Crippen LogP contribution in [-0.4, -0.2) is 13.9 Å². The van der Waals surface area contributed by atoms with E-state index in [1.807, 2.05) is 31.2 Å². The van der Waals surface area contributed by atoms with Crippen LogP contribution in [0.3, 0.4) is 0 Å². The maximum absolute atomic E-state index is 5.45. The summed E-state index contributed by atoms with van der Waals surface area (Å²) in [5, 5.41) is 0. The minimum Gasteiger partial charge on any atom is -0.467 e. The van der Waals surface area contributed by atoms with Crippen LogP contribution in [0.25, 0.3) is 11.1 Å². The zero-order chi connectivity index (χ0) is 12.1. The van der Waals surface area contributed by atoms with Gasteiger partial charge in [0.25, 0.3) is 0 Å². The van der Waals surface area contributed by atoms with Crippen molar-refractivity contribution < 1.29 is 9.47 Å². The highest BCUT2D eigenvalue weighted by Crippen LogP contribution is 2.25. The molecule has 0 aromatic heterocycles. The molecule has 0 aliphatic rings. The lowest BCUT2D eigenvalue weighted by atomic mass is 10.0. The van der Waals surface area contributed by atoms with Crippen molar-refractivity contribution in [3.63, 3.8) is 0 Å². The molecule has 0 saturated heterocycles. The molecule has 0 saturated carbocycles. The van der Waals surface area contributed by atoms with Gasteiger partial charge in [0.05, 0.1) is 0 Å². The molecule has 0 bridgehead atoms. The summed E-state index contributed by atoms with van der Waals surface area (Å²) >= 11 is 0. The van der Waals surface area contributed by atoms with E-state index >= 15 is 0 Å². The van der Waals surface area contributed by atoms with Crippen LogP contribution in [0.15, 0.2) is 48.5 Å². The third-order valence-electron chi connectivity index (χ3n) is 2.61. The van der Waals surface area contributed by atoms with E-state index in [0.717, 1.165) is 11.3 Å². The van der Waals surface area contributed by atoms with Gasteiger partial charge < -0.3 is 9.47 Å². The van der Waals surface area contributed by atoms with Gasteiger partial charge in [-0.2, -0.15) is 0 Å². The highest BCUT2D eigenvalue weighted by atomic mass is 16.7. The molecule has 0 N–H and O–H groups in total. The molecule has 2 aromatic carbocycles. The molecule has 0 aliphatic heterocycles. The summed E-state index contributed by atoms with van der Waals surface area (Å²) in [5.74, 6) is 0.867. The van der Waals surface area contributed by atoms with Crippen LogP contribution >= 0.6 is 0 Å². The molecule has 0 aliphatic carbocycles. The Kier molecular flexibility index (Phi) is 3.78. The molecular weight excluding hydrogens is 212 g/mol. The lowest BCUT2D eigenvalue weighted by molar-refractivity contribution is 0.0506. The molecule has 0 atom stereocenters. The van der Waals surface area contributed by atoms with E-state index in [4.69, 9.17) is 9.47 Å². The highest BCUT2D eigenvalue weighted by molar-refractivity contribution is 5.65. The molecule has 2 rings (SSSR count). The maximum atomic E-state index is 5.45. The predicted octanol–water partition coefficient (Wildman–Crippen LogP) is 3.64. The average molecular weight is 228 g/mol. The first-order valence-electron chi connectivity index (χ1n) is 5.59. The fourth-order valence-electron chi connectivity index (χ4n) is 1.74. The van der Waals surface area contributed by atoms with E-state index in [1.54, 1.807) is 7.11 Å². The monoisotopic (exact) mass is 228 g/mol. The summed E-state index contributed by atoms with van der Waals surface area (Å²) in [5.41, 5.74) is 3.53. The van der Waals surface area contributed by atoms with Crippen LogP contribution in [0.1, 0.15) is 5.56 Å². The van der Waals surface area contributed by atoms with Gasteiger partial charge in [0.15, 0.2) is 6.79 Å².